The molecule has 1 amide bonds. The number of hydrogen-bond acceptors (Lipinski definition) is 1. The molecular weight excluding hydrogens is 278 g/mol. The molecule has 3 heteroatoms. The van der Waals surface area contributed by atoms with E-state index >= 15 is 0 Å². The highest BCUT2D eigenvalue weighted by atomic mass is 79.9. The minimum atomic E-state index is 0.131. The molecule has 1 atom stereocenters. The van der Waals surface area contributed by atoms with E-state index in [9.17, 15) is 4.79 Å². The third-order valence-corrected chi connectivity index (χ3v) is 3.82. The minimum absolute atomic E-state index is 0.131. The average molecular weight is 298 g/mol. The van der Waals surface area contributed by atoms with Gasteiger partial charge in [0.15, 0.2) is 0 Å². The van der Waals surface area contributed by atoms with Gasteiger partial charge in [0.1, 0.15) is 0 Å². The smallest absolute Gasteiger partial charge is 0.220 e. The van der Waals surface area contributed by atoms with Crippen LogP contribution in [0.15, 0.2) is 24.3 Å². The van der Waals surface area contributed by atoms with Crippen LogP contribution in [0.2, 0.25) is 0 Å². The topological polar surface area (TPSA) is 29.1 Å². The van der Waals surface area contributed by atoms with Crippen LogP contribution in [0, 0.1) is 6.92 Å². The fourth-order valence-corrected chi connectivity index (χ4v) is 1.76. The van der Waals surface area contributed by atoms with Crippen molar-refractivity contribution in [1.82, 2.24) is 5.32 Å². The fourth-order valence-electron chi connectivity index (χ4n) is 1.60. The number of halogens is 1. The summed E-state index contributed by atoms with van der Waals surface area (Å²) in [7, 11) is 0. The van der Waals surface area contributed by atoms with Crippen molar-refractivity contribution < 1.29 is 4.79 Å². The van der Waals surface area contributed by atoms with E-state index in [1.54, 1.807) is 0 Å². The van der Waals surface area contributed by atoms with Crippen molar-refractivity contribution in [1.29, 1.82) is 0 Å². The standard InChI is InChI=1S/C14H20BrNO/c1-3-13(15)10-16-14(17)9-8-12-7-5-4-6-11(12)2/h4-7,13H,3,8-10H2,1-2H3,(H,16,17). The molecule has 1 aromatic carbocycles. The second-order valence-corrected chi connectivity index (χ2v) is 5.53. The van der Waals surface area contributed by atoms with E-state index < -0.39 is 0 Å². The van der Waals surface area contributed by atoms with E-state index in [0.29, 0.717) is 17.8 Å². The Hall–Kier alpha value is -0.830. The molecule has 0 aliphatic rings. The van der Waals surface area contributed by atoms with Gasteiger partial charge < -0.3 is 5.32 Å². The van der Waals surface area contributed by atoms with E-state index in [1.165, 1.54) is 11.1 Å². The van der Waals surface area contributed by atoms with Crippen molar-refractivity contribution in [2.75, 3.05) is 6.54 Å². The van der Waals surface area contributed by atoms with Gasteiger partial charge in [-0.05, 0) is 30.9 Å². The summed E-state index contributed by atoms with van der Waals surface area (Å²) >= 11 is 3.50. The van der Waals surface area contributed by atoms with E-state index in [2.05, 4.69) is 47.2 Å². The Morgan fingerprint density at radius 1 is 1.41 bits per heavy atom. The molecular formula is C14H20BrNO. The zero-order chi connectivity index (χ0) is 12.7. The van der Waals surface area contributed by atoms with Gasteiger partial charge in [0.2, 0.25) is 5.91 Å². The molecule has 2 nitrogen and oxygen atoms in total. The summed E-state index contributed by atoms with van der Waals surface area (Å²) in [5.74, 6) is 0.131. The van der Waals surface area contributed by atoms with Crippen molar-refractivity contribution in [2.24, 2.45) is 0 Å². The molecule has 0 saturated carbocycles. The number of amides is 1. The van der Waals surface area contributed by atoms with Crippen LogP contribution in [0.4, 0.5) is 0 Å². The number of aryl methyl sites for hydroxylation is 2. The normalized spacial score (nSPS) is 12.2. The van der Waals surface area contributed by atoms with Gasteiger partial charge in [0, 0.05) is 17.8 Å². The second-order valence-electron chi connectivity index (χ2n) is 4.24. The van der Waals surface area contributed by atoms with E-state index in [1.807, 2.05) is 12.1 Å². The number of nitrogens with one attached hydrogen (secondary N) is 1. The summed E-state index contributed by atoms with van der Waals surface area (Å²) < 4.78 is 0. The fraction of sp³-hybridized carbons (Fsp3) is 0.500. The van der Waals surface area contributed by atoms with Crippen LogP contribution < -0.4 is 5.32 Å². The lowest BCUT2D eigenvalue weighted by molar-refractivity contribution is -0.121. The average Bonchev–Trinajstić information content (AvgIpc) is 2.35. The Morgan fingerprint density at radius 2 is 2.12 bits per heavy atom. The molecule has 0 spiro atoms. The Kier molecular flexibility index (Phi) is 6.27. The Labute approximate surface area is 112 Å². The van der Waals surface area contributed by atoms with Crippen LogP contribution >= 0.6 is 15.9 Å². The molecule has 1 aromatic rings. The second kappa shape index (κ2) is 7.49. The molecule has 1 rings (SSSR count). The molecule has 0 radical (unpaired) electrons. The Bertz CT molecular complexity index is 365. The van der Waals surface area contributed by atoms with Crippen molar-refractivity contribution in [2.45, 2.75) is 37.9 Å². The van der Waals surface area contributed by atoms with Crippen LogP contribution in [0.25, 0.3) is 0 Å². The maximum atomic E-state index is 11.6. The highest BCUT2D eigenvalue weighted by molar-refractivity contribution is 9.09. The van der Waals surface area contributed by atoms with Crippen molar-refractivity contribution in [3.8, 4) is 0 Å². The molecule has 17 heavy (non-hydrogen) atoms. The number of alkyl halides is 1. The first-order valence-corrected chi connectivity index (χ1v) is 7.00. The summed E-state index contributed by atoms with van der Waals surface area (Å²) in [5.41, 5.74) is 2.51. The van der Waals surface area contributed by atoms with Crippen LogP contribution in [-0.4, -0.2) is 17.3 Å². The first kappa shape index (κ1) is 14.2. The predicted octanol–water partition coefficient (Wildman–Crippen LogP) is 3.22. The predicted molar refractivity (Wildman–Crippen MR) is 75.5 cm³/mol. The van der Waals surface area contributed by atoms with Gasteiger partial charge in [0.05, 0.1) is 0 Å². The van der Waals surface area contributed by atoms with Crippen LogP contribution in [-0.2, 0) is 11.2 Å². The van der Waals surface area contributed by atoms with Gasteiger partial charge in [-0.3, -0.25) is 4.79 Å². The monoisotopic (exact) mass is 297 g/mol. The molecule has 0 saturated heterocycles. The highest BCUT2D eigenvalue weighted by Gasteiger charge is 2.06. The minimum Gasteiger partial charge on any atom is -0.355 e. The van der Waals surface area contributed by atoms with Crippen molar-refractivity contribution >= 4 is 21.8 Å². The summed E-state index contributed by atoms with van der Waals surface area (Å²) in [4.78, 5) is 12.0. The lowest BCUT2D eigenvalue weighted by Crippen LogP contribution is -2.29. The van der Waals surface area contributed by atoms with E-state index in [0.717, 1.165) is 12.8 Å². The molecule has 1 N–H and O–H groups in total. The quantitative estimate of drug-likeness (QED) is 0.803. The maximum absolute atomic E-state index is 11.6. The molecule has 1 unspecified atom stereocenters. The third kappa shape index (κ3) is 5.35. The largest absolute Gasteiger partial charge is 0.355 e. The number of hydrogen-bond donors (Lipinski definition) is 1. The summed E-state index contributed by atoms with van der Waals surface area (Å²) in [5, 5.41) is 2.94. The number of carbonyl (C=O) groups is 1. The molecule has 0 heterocycles. The highest BCUT2D eigenvalue weighted by Crippen LogP contribution is 2.09. The molecule has 0 bridgehead atoms. The van der Waals surface area contributed by atoms with Gasteiger partial charge in [-0.2, -0.15) is 0 Å². The Morgan fingerprint density at radius 3 is 2.76 bits per heavy atom. The number of benzene rings is 1. The number of carbonyl (C=O) groups excluding carboxylic acids is 1. The van der Waals surface area contributed by atoms with Crippen LogP contribution in [0.3, 0.4) is 0 Å². The first-order valence-electron chi connectivity index (χ1n) is 6.08. The van der Waals surface area contributed by atoms with Gasteiger partial charge in [-0.1, -0.05) is 47.1 Å². The van der Waals surface area contributed by atoms with Crippen molar-refractivity contribution in [3.05, 3.63) is 35.4 Å². The van der Waals surface area contributed by atoms with E-state index in [-0.39, 0.29) is 5.91 Å². The third-order valence-electron chi connectivity index (χ3n) is 2.85. The lowest BCUT2D eigenvalue weighted by Gasteiger charge is -2.09. The summed E-state index contributed by atoms with van der Waals surface area (Å²) in [6, 6.07) is 8.21. The van der Waals surface area contributed by atoms with Gasteiger partial charge in [0.25, 0.3) is 0 Å². The Balaban J connectivity index is 2.31. The summed E-state index contributed by atoms with van der Waals surface area (Å²) in [6.45, 7) is 4.89. The maximum Gasteiger partial charge on any atom is 0.220 e. The lowest BCUT2D eigenvalue weighted by atomic mass is 10.0. The molecule has 0 fully saturated rings. The zero-order valence-electron chi connectivity index (χ0n) is 10.5. The van der Waals surface area contributed by atoms with E-state index in [4.69, 9.17) is 0 Å². The summed E-state index contributed by atoms with van der Waals surface area (Å²) in [6.07, 6.45) is 2.41. The van der Waals surface area contributed by atoms with Gasteiger partial charge in [-0.25, -0.2) is 0 Å². The van der Waals surface area contributed by atoms with Crippen LogP contribution in [0.5, 0.6) is 0 Å². The first-order chi connectivity index (χ1) is 8.13. The molecule has 0 aliphatic carbocycles. The number of rotatable bonds is 6. The molecule has 0 aliphatic heterocycles. The molecule has 94 valence electrons. The SMILES string of the molecule is CCC(Br)CNC(=O)CCc1ccccc1C. The van der Waals surface area contributed by atoms with Crippen LogP contribution in [0.1, 0.15) is 30.9 Å². The van der Waals surface area contributed by atoms with Crippen molar-refractivity contribution in [3.63, 3.8) is 0 Å². The van der Waals surface area contributed by atoms with Gasteiger partial charge >= 0.3 is 0 Å². The van der Waals surface area contributed by atoms with Gasteiger partial charge in [-0.15, -0.1) is 0 Å². The zero-order valence-corrected chi connectivity index (χ0v) is 12.1. The molecule has 0 aromatic heterocycles.